The molecule has 5 aromatic carbocycles. The number of rotatable bonds is 3. The second kappa shape index (κ2) is 5.78. The predicted molar refractivity (Wildman–Crippen MR) is 111 cm³/mol. The van der Waals surface area contributed by atoms with Gasteiger partial charge in [0.25, 0.3) is 10.1 Å². The van der Waals surface area contributed by atoms with Crippen molar-refractivity contribution in [3.05, 3.63) is 84.4 Å². The van der Waals surface area contributed by atoms with Gasteiger partial charge in [-0.05, 0) is 49.0 Å². The van der Waals surface area contributed by atoms with Crippen molar-refractivity contribution in [2.24, 2.45) is 0 Å². The molecule has 0 unspecified atom stereocenters. The first-order chi connectivity index (χ1) is 13.0. The summed E-state index contributed by atoms with van der Waals surface area (Å²) in [5.74, 6) is -0.369. The molecule has 4 heteroatoms. The number of hydrogen-bond acceptors (Lipinski definition) is 2. The van der Waals surface area contributed by atoms with Crippen LogP contribution in [0.2, 0.25) is 0 Å². The van der Waals surface area contributed by atoms with Crippen LogP contribution in [0, 0.1) is 0 Å². The standard InChI is InChI=1S/C23H16O3S/c24-27(25,26)14-15-4-6-16(7-5-15)20-12-10-19-9-8-17-2-1-3-18-11-13-21(20)23(19)22(17)18/h1-13H,14H2,(H,24,25,26). The van der Waals surface area contributed by atoms with E-state index in [0.717, 1.165) is 11.1 Å². The molecule has 27 heavy (non-hydrogen) atoms. The number of hydrogen-bond donors (Lipinski definition) is 1. The van der Waals surface area contributed by atoms with Crippen molar-refractivity contribution in [2.75, 3.05) is 0 Å². The Balaban J connectivity index is 1.74. The Morgan fingerprint density at radius 2 is 1.26 bits per heavy atom. The van der Waals surface area contributed by atoms with Gasteiger partial charge in [-0.1, -0.05) is 78.9 Å². The predicted octanol–water partition coefficient (Wildman–Crippen LogP) is 5.64. The lowest BCUT2D eigenvalue weighted by atomic mass is 9.90. The third-order valence-electron chi connectivity index (χ3n) is 5.14. The van der Waals surface area contributed by atoms with Crippen molar-refractivity contribution in [2.45, 2.75) is 5.75 Å². The second-order valence-electron chi connectivity index (χ2n) is 6.89. The van der Waals surface area contributed by atoms with E-state index in [2.05, 4.69) is 54.6 Å². The van der Waals surface area contributed by atoms with Gasteiger partial charge in [0.15, 0.2) is 0 Å². The van der Waals surface area contributed by atoms with Crippen LogP contribution in [0.25, 0.3) is 43.4 Å². The molecule has 0 aliphatic heterocycles. The highest BCUT2D eigenvalue weighted by molar-refractivity contribution is 7.85. The quantitative estimate of drug-likeness (QED) is 0.329. The monoisotopic (exact) mass is 372 g/mol. The minimum absolute atomic E-state index is 0.369. The Hall–Kier alpha value is -2.95. The minimum atomic E-state index is -4.02. The van der Waals surface area contributed by atoms with Crippen molar-refractivity contribution in [1.82, 2.24) is 0 Å². The molecule has 5 aromatic rings. The van der Waals surface area contributed by atoms with Crippen LogP contribution in [0.4, 0.5) is 0 Å². The molecule has 0 atom stereocenters. The fourth-order valence-electron chi connectivity index (χ4n) is 3.98. The van der Waals surface area contributed by atoms with Crippen LogP contribution in [0.3, 0.4) is 0 Å². The Labute approximate surface area is 157 Å². The lowest BCUT2D eigenvalue weighted by Crippen LogP contribution is -2.01. The van der Waals surface area contributed by atoms with Gasteiger partial charge >= 0.3 is 0 Å². The molecule has 1 N–H and O–H groups in total. The molecule has 0 spiro atoms. The first-order valence-corrected chi connectivity index (χ1v) is 10.3. The molecule has 0 saturated carbocycles. The van der Waals surface area contributed by atoms with E-state index in [1.165, 1.54) is 32.3 Å². The summed E-state index contributed by atoms with van der Waals surface area (Å²) in [5.41, 5.74) is 2.70. The Bertz CT molecular complexity index is 1390. The first-order valence-electron chi connectivity index (χ1n) is 8.71. The molecular formula is C23H16O3S. The lowest BCUT2D eigenvalue weighted by Gasteiger charge is -2.14. The summed E-state index contributed by atoms with van der Waals surface area (Å²) in [6, 6.07) is 26.5. The Kier molecular flexibility index (Phi) is 3.47. The fraction of sp³-hybridized carbons (Fsp3) is 0.0435. The molecule has 0 amide bonds. The van der Waals surface area contributed by atoms with Gasteiger partial charge in [-0.2, -0.15) is 8.42 Å². The molecule has 0 aliphatic rings. The van der Waals surface area contributed by atoms with Crippen LogP contribution in [-0.4, -0.2) is 13.0 Å². The van der Waals surface area contributed by atoms with Crippen molar-refractivity contribution >= 4 is 42.4 Å². The molecule has 0 aliphatic carbocycles. The molecule has 5 rings (SSSR count). The highest BCUT2D eigenvalue weighted by Gasteiger charge is 2.12. The summed E-state index contributed by atoms with van der Waals surface area (Å²) >= 11 is 0. The maximum atomic E-state index is 11.1. The van der Waals surface area contributed by atoms with Gasteiger partial charge in [-0.15, -0.1) is 0 Å². The highest BCUT2D eigenvalue weighted by atomic mass is 32.2. The average molecular weight is 372 g/mol. The van der Waals surface area contributed by atoms with E-state index in [1.807, 2.05) is 12.1 Å². The highest BCUT2D eigenvalue weighted by Crippen LogP contribution is 2.39. The van der Waals surface area contributed by atoms with Crippen LogP contribution < -0.4 is 0 Å². The summed E-state index contributed by atoms with van der Waals surface area (Å²) < 4.78 is 31.2. The van der Waals surface area contributed by atoms with E-state index in [1.54, 1.807) is 12.1 Å². The van der Waals surface area contributed by atoms with Gasteiger partial charge in [0.2, 0.25) is 0 Å². The van der Waals surface area contributed by atoms with Gasteiger partial charge in [-0.3, -0.25) is 4.55 Å². The van der Waals surface area contributed by atoms with Gasteiger partial charge in [0.1, 0.15) is 5.75 Å². The van der Waals surface area contributed by atoms with Crippen molar-refractivity contribution in [3.8, 4) is 11.1 Å². The third-order valence-corrected chi connectivity index (χ3v) is 5.84. The average Bonchev–Trinajstić information content (AvgIpc) is 2.65. The van der Waals surface area contributed by atoms with Crippen LogP contribution in [0.1, 0.15) is 5.56 Å². The van der Waals surface area contributed by atoms with Crippen LogP contribution in [-0.2, 0) is 15.9 Å². The van der Waals surface area contributed by atoms with Gasteiger partial charge in [0.05, 0.1) is 0 Å². The maximum absolute atomic E-state index is 11.1. The number of benzene rings is 5. The normalized spacial score (nSPS) is 12.3. The van der Waals surface area contributed by atoms with Gasteiger partial charge < -0.3 is 0 Å². The van der Waals surface area contributed by atoms with Crippen molar-refractivity contribution < 1.29 is 13.0 Å². The second-order valence-corrected chi connectivity index (χ2v) is 8.34. The van der Waals surface area contributed by atoms with Crippen LogP contribution >= 0.6 is 0 Å². The van der Waals surface area contributed by atoms with Gasteiger partial charge in [0, 0.05) is 0 Å². The molecule has 132 valence electrons. The largest absolute Gasteiger partial charge is 0.285 e. The molecule has 0 radical (unpaired) electrons. The van der Waals surface area contributed by atoms with E-state index in [-0.39, 0.29) is 5.75 Å². The lowest BCUT2D eigenvalue weighted by molar-refractivity contribution is 0.482. The van der Waals surface area contributed by atoms with Crippen molar-refractivity contribution in [1.29, 1.82) is 0 Å². The van der Waals surface area contributed by atoms with E-state index < -0.39 is 10.1 Å². The summed E-state index contributed by atoms with van der Waals surface area (Å²) in [6.45, 7) is 0. The molecular weight excluding hydrogens is 356 g/mol. The van der Waals surface area contributed by atoms with Gasteiger partial charge in [-0.25, -0.2) is 0 Å². The van der Waals surface area contributed by atoms with E-state index in [9.17, 15) is 8.42 Å². The minimum Gasteiger partial charge on any atom is -0.285 e. The van der Waals surface area contributed by atoms with E-state index >= 15 is 0 Å². The molecule has 0 saturated heterocycles. The molecule has 0 fully saturated rings. The molecule has 0 bridgehead atoms. The van der Waals surface area contributed by atoms with Crippen molar-refractivity contribution in [3.63, 3.8) is 0 Å². The Morgan fingerprint density at radius 1 is 0.667 bits per heavy atom. The topological polar surface area (TPSA) is 54.4 Å². The summed E-state index contributed by atoms with van der Waals surface area (Å²) in [7, 11) is -4.02. The fourth-order valence-corrected chi connectivity index (χ4v) is 4.59. The zero-order valence-electron chi connectivity index (χ0n) is 14.4. The Morgan fingerprint density at radius 3 is 1.93 bits per heavy atom. The smallest absolute Gasteiger partial charge is 0.269 e. The van der Waals surface area contributed by atoms with Crippen LogP contribution in [0.15, 0.2) is 78.9 Å². The first kappa shape index (κ1) is 16.2. The zero-order valence-corrected chi connectivity index (χ0v) is 15.2. The molecule has 3 nitrogen and oxygen atoms in total. The summed E-state index contributed by atoms with van der Waals surface area (Å²) in [6.07, 6.45) is 0. The molecule has 0 aromatic heterocycles. The van der Waals surface area contributed by atoms with E-state index in [0.29, 0.717) is 5.56 Å². The summed E-state index contributed by atoms with van der Waals surface area (Å²) in [5, 5.41) is 7.38. The third kappa shape index (κ3) is 2.74. The zero-order chi connectivity index (χ0) is 18.6. The van der Waals surface area contributed by atoms with E-state index in [4.69, 9.17) is 4.55 Å². The maximum Gasteiger partial charge on any atom is 0.269 e. The van der Waals surface area contributed by atoms with Crippen LogP contribution in [0.5, 0.6) is 0 Å². The SMILES string of the molecule is O=S(=O)(O)Cc1ccc(-c2ccc3ccc4cccc5ccc2c3c45)cc1. The summed E-state index contributed by atoms with van der Waals surface area (Å²) in [4.78, 5) is 0. The molecule has 0 heterocycles.